The zero-order valence-corrected chi connectivity index (χ0v) is 30.5. The first-order valence-electron chi connectivity index (χ1n) is 19.1. The van der Waals surface area contributed by atoms with Crippen molar-refractivity contribution in [2.45, 2.75) is 13.8 Å². The summed E-state index contributed by atoms with van der Waals surface area (Å²) in [6.45, 7) is 3.99. The lowest BCUT2D eigenvalue weighted by molar-refractivity contribution is 0.464. The molecule has 4 nitrogen and oxygen atoms in total. The number of ether oxygens (including phenoxy) is 2. The highest BCUT2D eigenvalue weighted by Gasteiger charge is 2.47. The molecule has 0 unspecified atom stereocenters. The van der Waals surface area contributed by atoms with E-state index in [4.69, 9.17) is 9.47 Å². The number of anilines is 3. The highest BCUT2D eigenvalue weighted by Crippen LogP contribution is 2.46. The van der Waals surface area contributed by atoms with Crippen molar-refractivity contribution in [1.82, 2.24) is 4.57 Å². The maximum atomic E-state index is 6.93. The van der Waals surface area contributed by atoms with Gasteiger partial charge in [0.05, 0.1) is 16.7 Å². The van der Waals surface area contributed by atoms with Crippen molar-refractivity contribution in [2.75, 3.05) is 4.90 Å². The lowest BCUT2D eigenvalue weighted by Crippen LogP contribution is -2.61. The summed E-state index contributed by atoms with van der Waals surface area (Å²) in [6, 6.07) is 62.7. The second-order valence-electron chi connectivity index (χ2n) is 14.1. The number of aromatic nitrogens is 1. The third-order valence-corrected chi connectivity index (χ3v) is 11.2. The SMILES string of the molecule is CC.c1ccc(-c2ccc3c(c2)c2cc(-c4ccccc4)ccc2n3-c2cc3c4c(c2)Oc2cccc5c2B4c2c(cccc2N5c2ccccc2)O3)cc1. The summed E-state index contributed by atoms with van der Waals surface area (Å²) < 4.78 is 16.2. The fourth-order valence-electron chi connectivity index (χ4n) is 8.96. The van der Waals surface area contributed by atoms with Gasteiger partial charge in [0.2, 0.25) is 0 Å². The molecule has 260 valence electrons. The van der Waals surface area contributed by atoms with E-state index in [9.17, 15) is 0 Å². The van der Waals surface area contributed by atoms with Crippen LogP contribution in [0.2, 0.25) is 0 Å². The second kappa shape index (κ2) is 12.3. The van der Waals surface area contributed by atoms with Crippen LogP contribution in [-0.2, 0) is 0 Å². The minimum atomic E-state index is -0.00563. The van der Waals surface area contributed by atoms with Crippen LogP contribution < -0.4 is 30.8 Å². The van der Waals surface area contributed by atoms with Crippen LogP contribution in [0.5, 0.6) is 23.0 Å². The van der Waals surface area contributed by atoms with Gasteiger partial charge in [-0.15, -0.1) is 0 Å². The lowest BCUT2D eigenvalue weighted by Gasteiger charge is -2.42. The van der Waals surface area contributed by atoms with Crippen molar-refractivity contribution in [2.24, 2.45) is 0 Å². The van der Waals surface area contributed by atoms with Crippen molar-refractivity contribution in [1.29, 1.82) is 0 Å². The third kappa shape index (κ3) is 4.66. The average molecular weight is 707 g/mol. The van der Waals surface area contributed by atoms with Gasteiger partial charge in [-0.25, -0.2) is 0 Å². The highest BCUT2D eigenvalue weighted by atomic mass is 16.5. The van der Waals surface area contributed by atoms with E-state index >= 15 is 0 Å². The van der Waals surface area contributed by atoms with E-state index in [-0.39, 0.29) is 6.71 Å². The van der Waals surface area contributed by atoms with Crippen LogP contribution in [0.15, 0.2) is 176 Å². The first-order valence-corrected chi connectivity index (χ1v) is 19.1. The molecule has 12 rings (SSSR count). The Morgan fingerprint density at radius 3 is 1.35 bits per heavy atom. The summed E-state index contributed by atoms with van der Waals surface area (Å²) in [5.41, 5.74) is 14.9. The molecule has 3 aliphatic rings. The molecule has 4 heterocycles. The summed E-state index contributed by atoms with van der Waals surface area (Å²) in [5.74, 6) is 3.43. The smallest absolute Gasteiger partial charge is 0.266 e. The molecule has 9 aromatic rings. The van der Waals surface area contributed by atoms with Crippen molar-refractivity contribution in [3.05, 3.63) is 176 Å². The maximum Gasteiger partial charge on any atom is 0.266 e. The number of para-hydroxylation sites is 1. The summed E-state index contributed by atoms with van der Waals surface area (Å²) in [7, 11) is 0. The molecule has 3 aliphatic heterocycles. The minimum Gasteiger partial charge on any atom is -0.458 e. The molecule has 55 heavy (non-hydrogen) atoms. The van der Waals surface area contributed by atoms with Crippen LogP contribution in [-0.4, -0.2) is 11.3 Å². The standard InChI is InChI=1S/C48H29BN2O2.C2H6/c1-4-12-30(13-5-1)32-22-24-38-36(26-32)37-27-33(31-14-6-2-7-15-31)23-25-39(37)51(38)35-28-44-48-45(29-35)53-43-21-11-19-41-47(43)49(48)46-40(18-10-20-42(46)52-44)50(41)34-16-8-3-9-17-34;1-2/h1-29H;1-2H3. The molecule has 0 N–H and O–H groups in total. The van der Waals surface area contributed by atoms with Crippen LogP contribution in [0, 0.1) is 0 Å². The number of benzene rings is 8. The Hall–Kier alpha value is -6.98. The molecule has 0 radical (unpaired) electrons. The van der Waals surface area contributed by atoms with Gasteiger partial charge in [-0.05, 0) is 93.8 Å². The predicted molar refractivity (Wildman–Crippen MR) is 229 cm³/mol. The maximum absolute atomic E-state index is 6.93. The Balaban J connectivity index is 0.00000173. The lowest BCUT2D eigenvalue weighted by atomic mass is 9.33. The van der Waals surface area contributed by atoms with E-state index in [0.717, 1.165) is 62.2 Å². The molecule has 5 heteroatoms. The van der Waals surface area contributed by atoms with Gasteiger partial charge in [0.25, 0.3) is 6.71 Å². The Bertz CT molecular complexity index is 2780. The van der Waals surface area contributed by atoms with E-state index in [2.05, 4.69) is 185 Å². The molecule has 0 amide bonds. The monoisotopic (exact) mass is 706 g/mol. The van der Waals surface area contributed by atoms with Gasteiger partial charge in [-0.1, -0.05) is 117 Å². The molecular weight excluding hydrogens is 671 g/mol. The normalized spacial score (nSPS) is 12.8. The van der Waals surface area contributed by atoms with Gasteiger partial charge in [0.15, 0.2) is 0 Å². The summed E-state index contributed by atoms with van der Waals surface area (Å²) >= 11 is 0. The number of fused-ring (bicyclic) bond motifs is 3. The number of rotatable bonds is 4. The molecule has 8 aromatic carbocycles. The van der Waals surface area contributed by atoms with Crippen LogP contribution in [0.1, 0.15) is 13.8 Å². The highest BCUT2D eigenvalue weighted by molar-refractivity contribution is 7.00. The molecule has 0 saturated carbocycles. The van der Waals surface area contributed by atoms with E-state index in [1.165, 1.54) is 44.0 Å². The second-order valence-corrected chi connectivity index (χ2v) is 14.1. The van der Waals surface area contributed by atoms with Crippen LogP contribution in [0.4, 0.5) is 17.1 Å². The van der Waals surface area contributed by atoms with Crippen LogP contribution in [0.3, 0.4) is 0 Å². The Labute approximate surface area is 320 Å². The van der Waals surface area contributed by atoms with Crippen LogP contribution in [0.25, 0.3) is 49.7 Å². The third-order valence-electron chi connectivity index (χ3n) is 11.2. The molecule has 0 aliphatic carbocycles. The van der Waals surface area contributed by atoms with E-state index in [1.54, 1.807) is 0 Å². The van der Waals surface area contributed by atoms with E-state index in [1.807, 2.05) is 13.8 Å². The van der Waals surface area contributed by atoms with Gasteiger partial charge in [0.1, 0.15) is 23.0 Å². The fraction of sp³-hybridized carbons (Fsp3) is 0.0400. The summed E-state index contributed by atoms with van der Waals surface area (Å²) in [4.78, 5) is 2.34. The Kier molecular flexibility index (Phi) is 7.05. The number of hydrogen-bond acceptors (Lipinski definition) is 3. The van der Waals surface area contributed by atoms with E-state index in [0.29, 0.717) is 0 Å². The van der Waals surface area contributed by atoms with E-state index < -0.39 is 0 Å². The molecule has 0 bridgehead atoms. The topological polar surface area (TPSA) is 26.6 Å². The van der Waals surface area contributed by atoms with Crippen molar-refractivity contribution >= 4 is 62.0 Å². The first-order chi connectivity index (χ1) is 27.3. The minimum absolute atomic E-state index is 0.00563. The summed E-state index contributed by atoms with van der Waals surface area (Å²) in [5, 5.41) is 2.40. The molecule has 0 fully saturated rings. The van der Waals surface area contributed by atoms with Gasteiger partial charge in [-0.2, -0.15) is 0 Å². The Morgan fingerprint density at radius 1 is 0.382 bits per heavy atom. The van der Waals surface area contributed by atoms with Crippen LogP contribution >= 0.6 is 0 Å². The van der Waals surface area contributed by atoms with Gasteiger partial charge in [0, 0.05) is 45.4 Å². The zero-order chi connectivity index (χ0) is 36.6. The summed E-state index contributed by atoms with van der Waals surface area (Å²) in [6.07, 6.45) is 0. The molecule has 0 atom stereocenters. The zero-order valence-electron chi connectivity index (χ0n) is 30.5. The van der Waals surface area contributed by atoms with Crippen molar-refractivity contribution in [3.63, 3.8) is 0 Å². The number of nitrogens with zero attached hydrogens (tertiary/aromatic N) is 2. The largest absolute Gasteiger partial charge is 0.458 e. The predicted octanol–water partition coefficient (Wildman–Crippen LogP) is 11.7. The fourth-order valence-corrected chi connectivity index (χ4v) is 8.96. The first kappa shape index (κ1) is 31.5. The molecular formula is C50H35BN2O2. The van der Waals surface area contributed by atoms with Crippen molar-refractivity contribution in [3.8, 4) is 50.9 Å². The quantitative estimate of drug-likeness (QED) is 0.171. The molecule has 1 aromatic heterocycles. The van der Waals surface area contributed by atoms with Gasteiger partial charge < -0.3 is 18.9 Å². The average Bonchev–Trinajstić information content (AvgIpc) is 3.58. The molecule has 0 saturated heterocycles. The molecule has 0 spiro atoms. The Morgan fingerprint density at radius 2 is 0.855 bits per heavy atom. The number of hydrogen-bond donors (Lipinski definition) is 0. The van der Waals surface area contributed by atoms with Gasteiger partial charge >= 0.3 is 0 Å². The van der Waals surface area contributed by atoms with Crippen molar-refractivity contribution < 1.29 is 9.47 Å². The van der Waals surface area contributed by atoms with Gasteiger partial charge in [-0.3, -0.25) is 0 Å².